The van der Waals surface area contributed by atoms with Crippen LogP contribution in [0.3, 0.4) is 0 Å². The summed E-state index contributed by atoms with van der Waals surface area (Å²) < 4.78 is 0. The summed E-state index contributed by atoms with van der Waals surface area (Å²) in [6.07, 6.45) is 0. The minimum Gasteiger partial charge on any atom is -0.398 e. The van der Waals surface area contributed by atoms with E-state index in [2.05, 4.69) is 0 Å². The zero-order valence-corrected chi connectivity index (χ0v) is 10.3. The van der Waals surface area contributed by atoms with Gasteiger partial charge in [0.05, 0.1) is 5.57 Å². The zero-order chi connectivity index (χ0) is 13.4. The van der Waals surface area contributed by atoms with Crippen molar-refractivity contribution in [3.8, 4) is 0 Å². The average molecular weight is 250 g/mol. The van der Waals surface area contributed by atoms with Crippen LogP contribution in [0.25, 0.3) is 5.70 Å². The van der Waals surface area contributed by atoms with E-state index in [1.54, 1.807) is 0 Å². The molecule has 2 aromatic carbocycles. The van der Waals surface area contributed by atoms with Crippen LogP contribution in [0, 0.1) is 0 Å². The zero-order valence-electron chi connectivity index (χ0n) is 10.3. The molecule has 3 nitrogen and oxygen atoms in total. The van der Waals surface area contributed by atoms with Gasteiger partial charge in [-0.05, 0) is 11.1 Å². The molecule has 0 radical (unpaired) electrons. The highest BCUT2D eigenvalue weighted by Crippen LogP contribution is 2.43. The van der Waals surface area contributed by atoms with Gasteiger partial charge in [-0.3, -0.25) is 4.79 Å². The van der Waals surface area contributed by atoms with Gasteiger partial charge in [-0.15, -0.1) is 0 Å². The Bertz CT molecular complexity index is 674. The highest BCUT2D eigenvalue weighted by Gasteiger charge is 2.33. The van der Waals surface area contributed by atoms with Crippen LogP contribution in [0.4, 0.5) is 0 Å². The maximum atomic E-state index is 11.7. The lowest BCUT2D eigenvalue weighted by Gasteiger charge is -2.15. The van der Waals surface area contributed by atoms with Gasteiger partial charge in [0, 0.05) is 17.2 Å². The van der Waals surface area contributed by atoms with Crippen LogP contribution in [-0.2, 0) is 4.79 Å². The van der Waals surface area contributed by atoms with E-state index in [1.165, 1.54) is 0 Å². The first-order chi connectivity index (χ1) is 9.20. The highest BCUT2D eigenvalue weighted by molar-refractivity contribution is 6.04. The Kier molecular flexibility index (Phi) is 2.60. The second-order valence-corrected chi connectivity index (χ2v) is 4.62. The van der Waals surface area contributed by atoms with Gasteiger partial charge < -0.3 is 11.5 Å². The van der Waals surface area contributed by atoms with Gasteiger partial charge in [-0.25, -0.2) is 0 Å². The van der Waals surface area contributed by atoms with E-state index in [9.17, 15) is 4.79 Å². The van der Waals surface area contributed by atoms with Gasteiger partial charge in [0.1, 0.15) is 0 Å². The number of nitrogens with two attached hydrogens (primary N) is 2. The van der Waals surface area contributed by atoms with Gasteiger partial charge >= 0.3 is 0 Å². The summed E-state index contributed by atoms with van der Waals surface area (Å²) in [7, 11) is 0. The summed E-state index contributed by atoms with van der Waals surface area (Å²) in [5, 5.41) is 0. The van der Waals surface area contributed by atoms with Gasteiger partial charge in [0.15, 0.2) is 0 Å². The van der Waals surface area contributed by atoms with Gasteiger partial charge in [0.2, 0.25) is 5.91 Å². The fraction of sp³-hybridized carbons (Fsp3) is 0.0625. The SMILES string of the molecule is NC(=O)C1=C(N)c2ccccc2[C@H]1c1ccccc1. The number of rotatable bonds is 2. The van der Waals surface area contributed by atoms with Gasteiger partial charge in [-0.2, -0.15) is 0 Å². The predicted molar refractivity (Wildman–Crippen MR) is 75.0 cm³/mol. The van der Waals surface area contributed by atoms with Crippen molar-refractivity contribution >= 4 is 11.6 Å². The smallest absolute Gasteiger partial charge is 0.247 e. The standard InChI is InChI=1S/C16H14N2O/c17-15-12-9-5-4-8-11(12)13(14(15)16(18)19)10-6-2-1-3-7-10/h1-9,13H,17H2,(H2,18,19)/t13-/m1/s1. The maximum Gasteiger partial charge on any atom is 0.247 e. The van der Waals surface area contributed by atoms with Crippen LogP contribution < -0.4 is 11.5 Å². The van der Waals surface area contributed by atoms with Crippen molar-refractivity contribution in [1.82, 2.24) is 0 Å². The molecule has 0 aliphatic heterocycles. The number of carbonyl (C=O) groups excluding carboxylic acids is 1. The molecule has 94 valence electrons. The van der Waals surface area contributed by atoms with Crippen LogP contribution in [0.2, 0.25) is 0 Å². The number of benzene rings is 2. The minimum atomic E-state index is -0.456. The molecule has 1 aliphatic carbocycles. The first kappa shape index (κ1) is 11.5. The molecule has 2 aromatic rings. The predicted octanol–water partition coefficient (Wildman–Crippen LogP) is 1.99. The highest BCUT2D eigenvalue weighted by atomic mass is 16.1. The number of carbonyl (C=O) groups is 1. The molecule has 3 heteroatoms. The van der Waals surface area contributed by atoms with Gasteiger partial charge in [-0.1, -0.05) is 54.6 Å². The molecule has 0 bridgehead atoms. The molecule has 1 amide bonds. The fourth-order valence-corrected chi connectivity index (χ4v) is 2.72. The quantitative estimate of drug-likeness (QED) is 0.855. The molecule has 4 N–H and O–H groups in total. The summed E-state index contributed by atoms with van der Waals surface area (Å²) in [4.78, 5) is 11.7. The van der Waals surface area contributed by atoms with Crippen molar-refractivity contribution in [2.24, 2.45) is 11.5 Å². The second-order valence-electron chi connectivity index (χ2n) is 4.62. The molecule has 0 fully saturated rings. The van der Waals surface area contributed by atoms with Crippen LogP contribution >= 0.6 is 0 Å². The second kappa shape index (κ2) is 4.28. The van der Waals surface area contributed by atoms with Crippen molar-refractivity contribution in [2.75, 3.05) is 0 Å². The Balaban J connectivity index is 2.25. The van der Waals surface area contributed by atoms with E-state index >= 15 is 0 Å². The lowest BCUT2D eigenvalue weighted by atomic mass is 9.88. The first-order valence-corrected chi connectivity index (χ1v) is 6.14. The lowest BCUT2D eigenvalue weighted by molar-refractivity contribution is -0.114. The fourth-order valence-electron chi connectivity index (χ4n) is 2.72. The molecule has 0 spiro atoms. The summed E-state index contributed by atoms with van der Waals surface area (Å²) in [6, 6.07) is 17.6. The number of primary amides is 1. The van der Waals surface area contributed by atoms with E-state index < -0.39 is 5.91 Å². The van der Waals surface area contributed by atoms with Crippen molar-refractivity contribution in [1.29, 1.82) is 0 Å². The van der Waals surface area contributed by atoms with Crippen LogP contribution in [0.15, 0.2) is 60.2 Å². The molecule has 0 aromatic heterocycles. The molecule has 0 unspecified atom stereocenters. The van der Waals surface area contributed by atoms with Gasteiger partial charge in [0.25, 0.3) is 0 Å². The van der Waals surface area contributed by atoms with E-state index in [-0.39, 0.29) is 5.92 Å². The summed E-state index contributed by atoms with van der Waals surface area (Å²) in [5.41, 5.74) is 15.6. The van der Waals surface area contributed by atoms with Crippen LogP contribution in [0.1, 0.15) is 22.6 Å². The third-order valence-electron chi connectivity index (χ3n) is 3.54. The number of hydrogen-bond acceptors (Lipinski definition) is 2. The number of hydrogen-bond donors (Lipinski definition) is 2. The van der Waals surface area contributed by atoms with Crippen molar-refractivity contribution in [3.05, 3.63) is 76.9 Å². The molecule has 1 aliphatic rings. The summed E-state index contributed by atoms with van der Waals surface area (Å²) in [5.74, 6) is -0.613. The lowest BCUT2D eigenvalue weighted by Crippen LogP contribution is -2.20. The topological polar surface area (TPSA) is 69.1 Å². The van der Waals surface area contributed by atoms with Crippen molar-refractivity contribution in [2.45, 2.75) is 5.92 Å². The number of amides is 1. The Morgan fingerprint density at radius 1 is 0.947 bits per heavy atom. The maximum absolute atomic E-state index is 11.7. The largest absolute Gasteiger partial charge is 0.398 e. The molecule has 0 heterocycles. The molecule has 3 rings (SSSR count). The van der Waals surface area contributed by atoms with Crippen LogP contribution in [-0.4, -0.2) is 5.91 Å². The third kappa shape index (κ3) is 1.71. The summed E-state index contributed by atoms with van der Waals surface area (Å²) in [6.45, 7) is 0. The molecule has 1 atom stereocenters. The normalized spacial score (nSPS) is 17.4. The van der Waals surface area contributed by atoms with E-state index in [0.717, 1.165) is 16.7 Å². The Labute approximate surface area is 111 Å². The van der Waals surface area contributed by atoms with Crippen LogP contribution in [0.5, 0.6) is 0 Å². The monoisotopic (exact) mass is 250 g/mol. The minimum absolute atomic E-state index is 0.158. The molecular weight excluding hydrogens is 236 g/mol. The van der Waals surface area contributed by atoms with E-state index in [1.807, 2.05) is 54.6 Å². The molecule has 0 saturated carbocycles. The Morgan fingerprint density at radius 3 is 2.26 bits per heavy atom. The molecule has 0 saturated heterocycles. The molecule has 19 heavy (non-hydrogen) atoms. The van der Waals surface area contributed by atoms with Crippen molar-refractivity contribution in [3.63, 3.8) is 0 Å². The van der Waals surface area contributed by atoms with Crippen molar-refractivity contribution < 1.29 is 4.79 Å². The first-order valence-electron chi connectivity index (χ1n) is 6.14. The Hall–Kier alpha value is -2.55. The average Bonchev–Trinajstić information content (AvgIpc) is 2.74. The molecular formula is C16H14N2O. The van der Waals surface area contributed by atoms with E-state index in [0.29, 0.717) is 11.3 Å². The third-order valence-corrected chi connectivity index (χ3v) is 3.54. The van der Waals surface area contributed by atoms with E-state index in [4.69, 9.17) is 11.5 Å². The Morgan fingerprint density at radius 2 is 1.58 bits per heavy atom. The summed E-state index contributed by atoms with van der Waals surface area (Å²) >= 11 is 0. The number of fused-ring (bicyclic) bond motifs is 1.